The number of rotatable bonds is 2. The number of hydrogen-bond acceptors (Lipinski definition) is 3. The van der Waals surface area contributed by atoms with Crippen LogP contribution in [0.25, 0.3) is 0 Å². The quantitative estimate of drug-likeness (QED) is 0.718. The summed E-state index contributed by atoms with van der Waals surface area (Å²) in [7, 11) is 0. The summed E-state index contributed by atoms with van der Waals surface area (Å²) in [6, 6.07) is 0. The molecule has 0 aliphatic heterocycles. The van der Waals surface area contributed by atoms with Gasteiger partial charge in [0.15, 0.2) is 0 Å². The van der Waals surface area contributed by atoms with Crippen LogP contribution in [0.4, 0.5) is 0 Å². The molecule has 0 atom stereocenters. The Morgan fingerprint density at radius 2 is 2.45 bits per heavy atom. The molecular formula is C7H10N2OS. The van der Waals surface area contributed by atoms with E-state index < -0.39 is 0 Å². The second-order valence-corrected chi connectivity index (χ2v) is 3.14. The van der Waals surface area contributed by atoms with Crippen molar-refractivity contribution in [3.8, 4) is 0 Å². The second kappa shape index (κ2) is 3.57. The summed E-state index contributed by atoms with van der Waals surface area (Å²) < 4.78 is 0. The number of nitrogens with one attached hydrogen (secondary N) is 1. The van der Waals surface area contributed by atoms with Crippen molar-refractivity contribution in [2.24, 2.45) is 0 Å². The van der Waals surface area contributed by atoms with E-state index in [1.165, 1.54) is 0 Å². The molecule has 0 aliphatic carbocycles. The zero-order valence-electron chi connectivity index (χ0n) is 6.55. The highest BCUT2D eigenvalue weighted by atomic mass is 32.2. The van der Waals surface area contributed by atoms with Crippen LogP contribution in [0.15, 0.2) is 11.0 Å². The first-order valence-electron chi connectivity index (χ1n) is 3.28. The molecule has 60 valence electrons. The zero-order valence-corrected chi connectivity index (χ0v) is 7.36. The average Bonchev–Trinajstić information content (AvgIpc) is 1.98. The van der Waals surface area contributed by atoms with Gasteiger partial charge < -0.3 is 4.98 Å². The van der Waals surface area contributed by atoms with Crippen molar-refractivity contribution in [3.05, 3.63) is 27.9 Å². The lowest BCUT2D eigenvalue weighted by Gasteiger charge is -1.96. The Labute approximate surface area is 69.3 Å². The molecule has 4 heteroatoms. The number of nitrogens with zero attached hydrogens (tertiary/aromatic N) is 1. The van der Waals surface area contributed by atoms with Crippen LogP contribution in [0, 0.1) is 6.92 Å². The Bertz CT molecular complexity index is 295. The SMILES string of the molecule is CSCc1ncc(C)c(=O)[nH]1. The molecule has 0 radical (unpaired) electrons. The molecule has 1 rings (SSSR count). The van der Waals surface area contributed by atoms with Crippen LogP contribution in [-0.2, 0) is 5.75 Å². The number of aromatic amines is 1. The lowest BCUT2D eigenvalue weighted by molar-refractivity contribution is 0.980. The topological polar surface area (TPSA) is 45.8 Å². The third kappa shape index (κ3) is 2.08. The Morgan fingerprint density at radius 1 is 1.73 bits per heavy atom. The van der Waals surface area contributed by atoms with E-state index in [4.69, 9.17) is 0 Å². The van der Waals surface area contributed by atoms with Gasteiger partial charge >= 0.3 is 0 Å². The molecular weight excluding hydrogens is 160 g/mol. The Hall–Kier alpha value is -0.770. The van der Waals surface area contributed by atoms with Gasteiger partial charge in [-0.05, 0) is 13.2 Å². The fourth-order valence-corrected chi connectivity index (χ4v) is 1.13. The average molecular weight is 170 g/mol. The van der Waals surface area contributed by atoms with Crippen molar-refractivity contribution in [2.45, 2.75) is 12.7 Å². The second-order valence-electron chi connectivity index (χ2n) is 2.28. The van der Waals surface area contributed by atoms with E-state index in [1.807, 2.05) is 6.26 Å². The number of aryl methyl sites for hydroxylation is 1. The fraction of sp³-hybridized carbons (Fsp3) is 0.429. The standard InChI is InChI=1S/C7H10N2OS/c1-5-3-8-6(4-11-2)9-7(5)10/h3H,4H2,1-2H3,(H,8,9,10). The van der Waals surface area contributed by atoms with Gasteiger partial charge in [0, 0.05) is 11.8 Å². The highest BCUT2D eigenvalue weighted by Gasteiger charge is 1.95. The van der Waals surface area contributed by atoms with Gasteiger partial charge in [-0.25, -0.2) is 4.98 Å². The third-order valence-corrected chi connectivity index (χ3v) is 1.87. The lowest BCUT2D eigenvalue weighted by atomic mass is 10.4. The van der Waals surface area contributed by atoms with Crippen LogP contribution in [0.1, 0.15) is 11.4 Å². The van der Waals surface area contributed by atoms with Crippen LogP contribution in [0.3, 0.4) is 0 Å². The van der Waals surface area contributed by atoms with E-state index in [0.717, 1.165) is 11.6 Å². The van der Waals surface area contributed by atoms with E-state index in [1.54, 1.807) is 24.9 Å². The molecule has 0 amide bonds. The summed E-state index contributed by atoms with van der Waals surface area (Å²) >= 11 is 1.64. The van der Waals surface area contributed by atoms with E-state index in [9.17, 15) is 4.79 Å². The van der Waals surface area contributed by atoms with Crippen LogP contribution >= 0.6 is 11.8 Å². The largest absolute Gasteiger partial charge is 0.310 e. The molecule has 11 heavy (non-hydrogen) atoms. The monoisotopic (exact) mass is 170 g/mol. The highest BCUT2D eigenvalue weighted by molar-refractivity contribution is 7.97. The molecule has 1 N–H and O–H groups in total. The maximum Gasteiger partial charge on any atom is 0.253 e. The summed E-state index contributed by atoms with van der Waals surface area (Å²) in [5.74, 6) is 1.50. The van der Waals surface area contributed by atoms with Gasteiger partial charge in [-0.2, -0.15) is 11.8 Å². The molecule has 0 bridgehead atoms. The normalized spacial score (nSPS) is 10.0. The minimum absolute atomic E-state index is 0.0379. The fourth-order valence-electron chi connectivity index (χ4n) is 0.705. The van der Waals surface area contributed by atoms with Gasteiger partial charge in [0.25, 0.3) is 5.56 Å². The number of hydrogen-bond donors (Lipinski definition) is 1. The molecule has 0 aromatic carbocycles. The van der Waals surface area contributed by atoms with Crippen molar-refractivity contribution in [1.29, 1.82) is 0 Å². The van der Waals surface area contributed by atoms with Crippen LogP contribution in [0.5, 0.6) is 0 Å². The van der Waals surface area contributed by atoms with E-state index in [0.29, 0.717) is 5.56 Å². The van der Waals surface area contributed by atoms with Gasteiger partial charge in [-0.1, -0.05) is 0 Å². The molecule has 1 aromatic heterocycles. The molecule has 3 nitrogen and oxygen atoms in total. The van der Waals surface area contributed by atoms with Crippen molar-refractivity contribution in [3.63, 3.8) is 0 Å². The predicted octanol–water partition coefficient (Wildman–Crippen LogP) is 0.941. The van der Waals surface area contributed by atoms with Crippen LogP contribution < -0.4 is 5.56 Å². The Balaban J connectivity index is 2.96. The number of aromatic nitrogens is 2. The summed E-state index contributed by atoms with van der Waals surface area (Å²) in [6.07, 6.45) is 3.57. The molecule has 0 unspecified atom stereocenters. The summed E-state index contributed by atoms with van der Waals surface area (Å²) in [5.41, 5.74) is 0.624. The lowest BCUT2D eigenvalue weighted by Crippen LogP contribution is -2.12. The van der Waals surface area contributed by atoms with E-state index >= 15 is 0 Å². The molecule has 0 spiro atoms. The van der Waals surface area contributed by atoms with Gasteiger partial charge in [-0.15, -0.1) is 0 Å². The van der Waals surface area contributed by atoms with Crippen LogP contribution in [-0.4, -0.2) is 16.2 Å². The minimum atomic E-state index is -0.0379. The van der Waals surface area contributed by atoms with Gasteiger partial charge in [0.2, 0.25) is 0 Å². The highest BCUT2D eigenvalue weighted by Crippen LogP contribution is 2.00. The van der Waals surface area contributed by atoms with Crippen molar-refractivity contribution in [1.82, 2.24) is 9.97 Å². The molecule has 1 heterocycles. The zero-order chi connectivity index (χ0) is 8.27. The van der Waals surface area contributed by atoms with Crippen molar-refractivity contribution < 1.29 is 0 Å². The maximum atomic E-state index is 11.0. The molecule has 0 saturated carbocycles. The Morgan fingerprint density at radius 3 is 3.00 bits per heavy atom. The number of thioether (sulfide) groups is 1. The van der Waals surface area contributed by atoms with Gasteiger partial charge in [-0.3, -0.25) is 4.79 Å². The molecule has 0 aliphatic rings. The smallest absolute Gasteiger partial charge is 0.253 e. The maximum absolute atomic E-state index is 11.0. The summed E-state index contributed by atoms with van der Waals surface area (Å²) in [6.45, 7) is 1.74. The predicted molar refractivity (Wildman–Crippen MR) is 46.8 cm³/mol. The Kier molecular flexibility index (Phi) is 2.70. The van der Waals surface area contributed by atoms with E-state index in [2.05, 4.69) is 9.97 Å². The van der Waals surface area contributed by atoms with Gasteiger partial charge in [0.1, 0.15) is 5.82 Å². The molecule has 0 fully saturated rings. The minimum Gasteiger partial charge on any atom is -0.310 e. The van der Waals surface area contributed by atoms with Crippen molar-refractivity contribution in [2.75, 3.05) is 6.26 Å². The van der Waals surface area contributed by atoms with E-state index in [-0.39, 0.29) is 5.56 Å². The summed E-state index contributed by atoms with van der Waals surface area (Å²) in [5, 5.41) is 0. The summed E-state index contributed by atoms with van der Waals surface area (Å²) in [4.78, 5) is 17.8. The third-order valence-electron chi connectivity index (χ3n) is 1.31. The van der Waals surface area contributed by atoms with Crippen LogP contribution in [0.2, 0.25) is 0 Å². The molecule has 0 saturated heterocycles. The number of H-pyrrole nitrogens is 1. The van der Waals surface area contributed by atoms with Crippen molar-refractivity contribution >= 4 is 11.8 Å². The van der Waals surface area contributed by atoms with Gasteiger partial charge in [0.05, 0.1) is 5.75 Å². The first-order chi connectivity index (χ1) is 5.24. The molecule has 1 aromatic rings. The first-order valence-corrected chi connectivity index (χ1v) is 4.67. The first kappa shape index (κ1) is 8.33.